The van der Waals surface area contributed by atoms with Gasteiger partial charge in [0.25, 0.3) is 0 Å². The first kappa shape index (κ1) is 16.9. The number of rotatable bonds is 1. The van der Waals surface area contributed by atoms with Gasteiger partial charge in [-0.15, -0.1) is 0 Å². The van der Waals surface area contributed by atoms with Crippen molar-refractivity contribution in [3.63, 3.8) is 0 Å². The molecule has 0 aromatic carbocycles. The van der Waals surface area contributed by atoms with Gasteiger partial charge in [-0.1, -0.05) is 31.6 Å². The SMILES string of the molecule is CC1CCC(C2CCC(C#CC3CCC(C#N)CC3)CC2)CC1. The van der Waals surface area contributed by atoms with Gasteiger partial charge in [0.05, 0.1) is 6.07 Å². The summed E-state index contributed by atoms with van der Waals surface area (Å²) in [5.74, 6) is 11.8. The van der Waals surface area contributed by atoms with Crippen molar-refractivity contribution < 1.29 is 0 Å². The Bertz CT molecular complexity index is 452. The summed E-state index contributed by atoms with van der Waals surface area (Å²) in [6.07, 6.45) is 15.9. The lowest BCUT2D eigenvalue weighted by Crippen LogP contribution is -2.25. The fourth-order valence-electron chi connectivity index (χ4n) is 5.09. The molecule has 3 rings (SSSR count). The van der Waals surface area contributed by atoms with Crippen molar-refractivity contribution in [3.8, 4) is 17.9 Å². The molecular weight excluding hydrogens is 278 g/mol. The summed E-state index contributed by atoms with van der Waals surface area (Å²) in [5.41, 5.74) is 0. The van der Waals surface area contributed by atoms with E-state index in [-0.39, 0.29) is 0 Å². The third kappa shape index (κ3) is 4.76. The summed E-state index contributed by atoms with van der Waals surface area (Å²) in [7, 11) is 0. The average Bonchev–Trinajstić information content (AvgIpc) is 2.61. The van der Waals surface area contributed by atoms with Gasteiger partial charge in [-0.2, -0.15) is 5.26 Å². The summed E-state index contributed by atoms with van der Waals surface area (Å²) in [6, 6.07) is 2.42. The lowest BCUT2D eigenvalue weighted by atomic mass is 9.69. The molecule has 0 heterocycles. The van der Waals surface area contributed by atoms with Crippen molar-refractivity contribution in [2.45, 2.75) is 84.0 Å². The Morgan fingerprint density at radius 1 is 0.565 bits per heavy atom. The third-order valence-electron chi connectivity index (χ3n) is 6.90. The lowest BCUT2D eigenvalue weighted by Gasteiger charge is -2.36. The van der Waals surface area contributed by atoms with Gasteiger partial charge in [-0.05, 0) is 82.0 Å². The van der Waals surface area contributed by atoms with Gasteiger partial charge in [-0.25, -0.2) is 0 Å². The normalized spacial score (nSPS) is 41.4. The van der Waals surface area contributed by atoms with Gasteiger partial charge in [0, 0.05) is 17.8 Å². The molecule has 0 spiro atoms. The molecule has 0 aromatic rings. The summed E-state index contributed by atoms with van der Waals surface area (Å²) in [5, 5.41) is 8.97. The van der Waals surface area contributed by atoms with E-state index in [2.05, 4.69) is 24.8 Å². The molecule has 0 radical (unpaired) electrons. The smallest absolute Gasteiger partial charge is 0.0655 e. The Morgan fingerprint density at radius 3 is 1.43 bits per heavy atom. The minimum atomic E-state index is 0.307. The largest absolute Gasteiger partial charge is 0.198 e. The van der Waals surface area contributed by atoms with Crippen LogP contribution in [0.5, 0.6) is 0 Å². The van der Waals surface area contributed by atoms with E-state index < -0.39 is 0 Å². The van der Waals surface area contributed by atoms with E-state index in [4.69, 9.17) is 5.26 Å². The van der Waals surface area contributed by atoms with Crippen LogP contribution in [0.15, 0.2) is 0 Å². The van der Waals surface area contributed by atoms with Crippen LogP contribution < -0.4 is 0 Å². The maximum absolute atomic E-state index is 8.97. The second-order valence-electron chi connectivity index (χ2n) is 8.60. The second-order valence-corrected chi connectivity index (χ2v) is 8.60. The summed E-state index contributed by atoms with van der Waals surface area (Å²) in [4.78, 5) is 0. The van der Waals surface area contributed by atoms with Gasteiger partial charge >= 0.3 is 0 Å². The van der Waals surface area contributed by atoms with E-state index in [1.807, 2.05) is 0 Å². The molecule has 1 nitrogen and oxygen atoms in total. The van der Waals surface area contributed by atoms with Crippen LogP contribution in [0.1, 0.15) is 84.0 Å². The first-order valence-electron chi connectivity index (χ1n) is 10.1. The minimum Gasteiger partial charge on any atom is -0.198 e. The van der Waals surface area contributed by atoms with Crippen LogP contribution in [0.4, 0.5) is 0 Å². The summed E-state index contributed by atoms with van der Waals surface area (Å²) >= 11 is 0. The Hall–Kier alpha value is -0.950. The van der Waals surface area contributed by atoms with E-state index in [0.29, 0.717) is 17.8 Å². The first-order chi connectivity index (χ1) is 11.2. The average molecular weight is 312 g/mol. The van der Waals surface area contributed by atoms with Crippen LogP contribution in [0.3, 0.4) is 0 Å². The van der Waals surface area contributed by atoms with E-state index in [1.165, 1.54) is 51.4 Å². The molecule has 0 unspecified atom stereocenters. The van der Waals surface area contributed by atoms with Crippen molar-refractivity contribution in [2.24, 2.45) is 35.5 Å². The molecule has 1 heteroatoms. The van der Waals surface area contributed by atoms with Crippen LogP contribution >= 0.6 is 0 Å². The standard InChI is InChI=1S/C22H33N/c1-17-2-12-21(13-3-17)22-14-10-19(11-15-22)5-4-18-6-8-20(16-23)9-7-18/h17-22H,2-3,6-15H2,1H3. The van der Waals surface area contributed by atoms with Crippen molar-refractivity contribution in [2.75, 3.05) is 0 Å². The Labute approximate surface area is 143 Å². The molecule has 0 N–H and O–H groups in total. The Balaban J connectivity index is 1.40. The van der Waals surface area contributed by atoms with Crippen LogP contribution in [0.2, 0.25) is 0 Å². The van der Waals surface area contributed by atoms with Crippen molar-refractivity contribution in [1.29, 1.82) is 5.26 Å². The van der Waals surface area contributed by atoms with E-state index in [0.717, 1.165) is 43.4 Å². The highest BCUT2D eigenvalue weighted by atomic mass is 14.3. The first-order valence-corrected chi connectivity index (χ1v) is 10.1. The summed E-state index contributed by atoms with van der Waals surface area (Å²) < 4.78 is 0. The van der Waals surface area contributed by atoms with Crippen molar-refractivity contribution in [1.82, 2.24) is 0 Å². The topological polar surface area (TPSA) is 23.8 Å². The van der Waals surface area contributed by atoms with E-state index in [1.54, 1.807) is 0 Å². The molecular formula is C22H33N. The van der Waals surface area contributed by atoms with Crippen molar-refractivity contribution in [3.05, 3.63) is 0 Å². The number of nitrogens with zero attached hydrogens (tertiary/aromatic N) is 1. The molecule has 3 saturated carbocycles. The lowest BCUT2D eigenvalue weighted by molar-refractivity contribution is 0.162. The third-order valence-corrected chi connectivity index (χ3v) is 6.90. The molecule has 23 heavy (non-hydrogen) atoms. The van der Waals surface area contributed by atoms with Crippen LogP contribution in [-0.2, 0) is 0 Å². The highest BCUT2D eigenvalue weighted by Gasteiger charge is 2.29. The molecule has 0 bridgehead atoms. The van der Waals surface area contributed by atoms with Crippen LogP contribution in [0, 0.1) is 58.7 Å². The number of hydrogen-bond acceptors (Lipinski definition) is 1. The number of hydrogen-bond donors (Lipinski definition) is 0. The zero-order valence-corrected chi connectivity index (χ0v) is 14.9. The molecule has 126 valence electrons. The summed E-state index contributed by atoms with van der Waals surface area (Å²) in [6.45, 7) is 2.42. The van der Waals surface area contributed by atoms with Crippen molar-refractivity contribution >= 4 is 0 Å². The molecule has 0 amide bonds. The van der Waals surface area contributed by atoms with E-state index >= 15 is 0 Å². The molecule has 3 aliphatic rings. The molecule has 0 atom stereocenters. The molecule has 0 aromatic heterocycles. The van der Waals surface area contributed by atoms with Gasteiger partial charge in [0.15, 0.2) is 0 Å². The van der Waals surface area contributed by atoms with Gasteiger partial charge < -0.3 is 0 Å². The van der Waals surface area contributed by atoms with E-state index in [9.17, 15) is 0 Å². The minimum absolute atomic E-state index is 0.307. The quantitative estimate of drug-likeness (QED) is 0.549. The van der Waals surface area contributed by atoms with Gasteiger partial charge in [-0.3, -0.25) is 0 Å². The fraction of sp³-hybridized carbons (Fsp3) is 0.864. The highest BCUT2D eigenvalue weighted by molar-refractivity contribution is 5.09. The van der Waals surface area contributed by atoms with Crippen LogP contribution in [0.25, 0.3) is 0 Å². The molecule has 3 fully saturated rings. The van der Waals surface area contributed by atoms with Crippen LogP contribution in [-0.4, -0.2) is 0 Å². The van der Waals surface area contributed by atoms with Gasteiger partial charge in [0.1, 0.15) is 0 Å². The Morgan fingerprint density at radius 2 is 0.957 bits per heavy atom. The molecule has 3 aliphatic carbocycles. The highest BCUT2D eigenvalue weighted by Crippen LogP contribution is 2.41. The zero-order chi connectivity index (χ0) is 16.1. The maximum Gasteiger partial charge on any atom is 0.0655 e. The Kier molecular flexibility index (Phi) is 6.05. The predicted molar refractivity (Wildman–Crippen MR) is 95.4 cm³/mol. The molecule has 0 aliphatic heterocycles. The maximum atomic E-state index is 8.97. The monoisotopic (exact) mass is 311 g/mol. The molecule has 0 saturated heterocycles. The zero-order valence-electron chi connectivity index (χ0n) is 14.9. The van der Waals surface area contributed by atoms with Gasteiger partial charge in [0.2, 0.25) is 0 Å². The predicted octanol–water partition coefficient (Wildman–Crippen LogP) is 5.95. The fourth-order valence-corrected chi connectivity index (χ4v) is 5.09. The second kappa shape index (κ2) is 8.24. The number of nitriles is 1.